The van der Waals surface area contributed by atoms with Crippen LogP contribution < -0.4 is 10.6 Å². The molecule has 3 heteroatoms. The number of amides is 1. The Hall–Kier alpha value is -0.830. The molecule has 0 aromatic rings. The molecule has 1 amide bonds. The minimum Gasteiger partial charge on any atom is -0.353 e. The Morgan fingerprint density at radius 2 is 2.70 bits per heavy atom. The van der Waals surface area contributed by atoms with E-state index in [4.69, 9.17) is 0 Å². The van der Waals surface area contributed by atoms with E-state index in [1.807, 2.05) is 0 Å². The maximum Gasteiger partial charge on any atom is 0.239 e. The Morgan fingerprint density at radius 3 is 3.30 bits per heavy atom. The molecule has 3 nitrogen and oxygen atoms in total. The molecule has 1 rings (SSSR count). The van der Waals surface area contributed by atoms with Gasteiger partial charge >= 0.3 is 0 Å². The third-order valence-corrected chi connectivity index (χ3v) is 1.45. The highest BCUT2D eigenvalue weighted by molar-refractivity contribution is 5.82. The van der Waals surface area contributed by atoms with Crippen LogP contribution in [0, 0.1) is 0 Å². The first kappa shape index (κ1) is 7.28. The summed E-state index contributed by atoms with van der Waals surface area (Å²) in [5.74, 6) is 0.0335. The number of hydrogen-bond donors (Lipinski definition) is 1. The van der Waals surface area contributed by atoms with E-state index in [0.29, 0.717) is 13.0 Å². The average molecular weight is 139 g/mol. The van der Waals surface area contributed by atoms with Gasteiger partial charge in [-0.2, -0.15) is 0 Å². The van der Waals surface area contributed by atoms with Gasteiger partial charge in [0.15, 0.2) is 0 Å². The summed E-state index contributed by atoms with van der Waals surface area (Å²) in [6.07, 6.45) is 2.38. The van der Waals surface area contributed by atoms with Crippen molar-refractivity contribution in [3.63, 3.8) is 0 Å². The highest BCUT2D eigenvalue weighted by atomic mass is 16.2. The van der Waals surface area contributed by atoms with Crippen molar-refractivity contribution in [2.24, 2.45) is 0 Å². The van der Waals surface area contributed by atoms with Crippen LogP contribution in [-0.4, -0.2) is 25.0 Å². The van der Waals surface area contributed by atoms with Crippen LogP contribution >= 0.6 is 0 Å². The van der Waals surface area contributed by atoms with E-state index in [1.165, 1.54) is 0 Å². The van der Waals surface area contributed by atoms with Crippen LogP contribution in [0.5, 0.6) is 0 Å². The zero-order valence-electron chi connectivity index (χ0n) is 5.84. The minimum atomic E-state index is -0.175. The topological polar surface area (TPSA) is 43.2 Å². The Bertz CT molecular complexity index is 145. The molecule has 1 aliphatic rings. The van der Waals surface area contributed by atoms with Gasteiger partial charge in [-0.25, -0.2) is 5.32 Å². The average Bonchev–Trinajstić information content (AvgIpc) is 1.94. The summed E-state index contributed by atoms with van der Waals surface area (Å²) >= 11 is 0. The molecule has 1 aliphatic heterocycles. The molecule has 1 fully saturated rings. The summed E-state index contributed by atoms with van der Waals surface area (Å²) in [4.78, 5) is 10.9. The van der Waals surface area contributed by atoms with Crippen LogP contribution in [0.15, 0.2) is 12.7 Å². The lowest BCUT2D eigenvalue weighted by Crippen LogP contribution is -2.48. The summed E-state index contributed by atoms with van der Waals surface area (Å²) in [5, 5.41) is 6.85. The van der Waals surface area contributed by atoms with Crippen molar-refractivity contribution in [2.45, 2.75) is 12.5 Å². The quantitative estimate of drug-likeness (QED) is 0.523. The monoisotopic (exact) mass is 139 g/mol. The van der Waals surface area contributed by atoms with E-state index >= 15 is 0 Å². The van der Waals surface area contributed by atoms with E-state index in [0.717, 1.165) is 6.54 Å². The van der Waals surface area contributed by atoms with E-state index in [1.54, 1.807) is 6.08 Å². The van der Waals surface area contributed by atoms with Crippen molar-refractivity contribution < 1.29 is 4.79 Å². The summed E-state index contributed by atoms with van der Waals surface area (Å²) in [6.45, 7) is 4.98. The van der Waals surface area contributed by atoms with Crippen LogP contribution in [0.4, 0.5) is 0 Å². The molecule has 1 atom stereocenters. The Labute approximate surface area is 60.5 Å². The van der Waals surface area contributed by atoms with Crippen LogP contribution in [0.1, 0.15) is 6.42 Å². The first-order valence-electron chi connectivity index (χ1n) is 3.40. The van der Waals surface area contributed by atoms with Gasteiger partial charge in [-0.15, -0.1) is 6.58 Å². The highest BCUT2D eigenvalue weighted by Gasteiger charge is 2.20. The molecular weight excluding hydrogens is 128 g/mol. The lowest BCUT2D eigenvalue weighted by Gasteiger charge is -2.19. The molecule has 1 radical (unpaired) electrons. The van der Waals surface area contributed by atoms with Crippen molar-refractivity contribution in [1.82, 2.24) is 10.6 Å². The summed E-state index contributed by atoms with van der Waals surface area (Å²) in [7, 11) is 0. The van der Waals surface area contributed by atoms with E-state index in [-0.39, 0.29) is 11.9 Å². The molecule has 1 N–H and O–H groups in total. The second-order valence-electron chi connectivity index (χ2n) is 2.24. The van der Waals surface area contributed by atoms with Crippen molar-refractivity contribution in [2.75, 3.05) is 13.1 Å². The molecule has 10 heavy (non-hydrogen) atoms. The normalized spacial score (nSPS) is 25.6. The van der Waals surface area contributed by atoms with Crippen molar-refractivity contribution in [3.8, 4) is 0 Å². The number of piperazine rings is 1. The molecule has 0 aromatic carbocycles. The van der Waals surface area contributed by atoms with Crippen LogP contribution in [-0.2, 0) is 4.79 Å². The van der Waals surface area contributed by atoms with Crippen LogP contribution in [0.3, 0.4) is 0 Å². The van der Waals surface area contributed by atoms with Gasteiger partial charge in [0.25, 0.3) is 0 Å². The first-order valence-corrected chi connectivity index (χ1v) is 3.40. The predicted octanol–water partition coefficient (Wildman–Crippen LogP) is -0.335. The van der Waals surface area contributed by atoms with E-state index in [2.05, 4.69) is 17.2 Å². The van der Waals surface area contributed by atoms with Gasteiger partial charge in [0, 0.05) is 13.1 Å². The van der Waals surface area contributed by atoms with E-state index in [9.17, 15) is 4.79 Å². The van der Waals surface area contributed by atoms with Crippen molar-refractivity contribution in [3.05, 3.63) is 12.7 Å². The molecule has 1 heterocycles. The molecule has 0 aromatic heterocycles. The number of hydrogen-bond acceptors (Lipinski definition) is 1. The number of rotatable bonds is 2. The molecule has 0 spiro atoms. The second-order valence-corrected chi connectivity index (χ2v) is 2.24. The number of carbonyl (C=O) groups is 1. The fourth-order valence-corrected chi connectivity index (χ4v) is 0.940. The number of nitrogens with one attached hydrogen (secondary N) is 1. The molecule has 1 unspecified atom stereocenters. The zero-order valence-corrected chi connectivity index (χ0v) is 5.84. The second kappa shape index (κ2) is 3.37. The largest absolute Gasteiger partial charge is 0.353 e. The Balaban J connectivity index is 2.39. The first-order chi connectivity index (χ1) is 4.84. The summed E-state index contributed by atoms with van der Waals surface area (Å²) in [5.41, 5.74) is 0. The fourth-order valence-electron chi connectivity index (χ4n) is 0.940. The minimum absolute atomic E-state index is 0.0335. The van der Waals surface area contributed by atoms with Gasteiger partial charge in [-0.3, -0.25) is 4.79 Å². The molecular formula is C7H11N2O. The maximum atomic E-state index is 10.9. The third-order valence-electron chi connectivity index (χ3n) is 1.45. The maximum absolute atomic E-state index is 10.9. The molecule has 55 valence electrons. The van der Waals surface area contributed by atoms with Gasteiger partial charge < -0.3 is 5.32 Å². The standard InChI is InChI=1S/C7H11N2O/c1-2-3-6-7(10)9-5-4-8-6/h2,6H,1,3-5H2,(H,9,10). The smallest absolute Gasteiger partial charge is 0.239 e. The predicted molar refractivity (Wildman–Crippen MR) is 38.6 cm³/mol. The SMILES string of the molecule is C=CCC1[N]CCNC1=O. The van der Waals surface area contributed by atoms with Crippen molar-refractivity contribution >= 4 is 5.91 Å². The molecule has 1 saturated heterocycles. The van der Waals surface area contributed by atoms with Crippen LogP contribution in [0.2, 0.25) is 0 Å². The zero-order chi connectivity index (χ0) is 7.40. The van der Waals surface area contributed by atoms with Gasteiger partial charge in [0.1, 0.15) is 6.04 Å². The van der Waals surface area contributed by atoms with Gasteiger partial charge in [-0.1, -0.05) is 6.08 Å². The van der Waals surface area contributed by atoms with Gasteiger partial charge in [0.2, 0.25) is 5.91 Å². The number of carbonyl (C=O) groups excluding carboxylic acids is 1. The molecule has 0 bridgehead atoms. The molecule has 0 aliphatic carbocycles. The van der Waals surface area contributed by atoms with Crippen molar-refractivity contribution in [1.29, 1.82) is 0 Å². The Kier molecular flexibility index (Phi) is 2.45. The van der Waals surface area contributed by atoms with Crippen LogP contribution in [0.25, 0.3) is 0 Å². The van der Waals surface area contributed by atoms with Gasteiger partial charge in [0.05, 0.1) is 0 Å². The third kappa shape index (κ3) is 1.57. The summed E-state index contributed by atoms with van der Waals surface area (Å²) < 4.78 is 0. The molecule has 0 saturated carbocycles. The lowest BCUT2D eigenvalue weighted by atomic mass is 10.1. The fraction of sp³-hybridized carbons (Fsp3) is 0.571. The highest BCUT2D eigenvalue weighted by Crippen LogP contribution is 1.97. The Morgan fingerprint density at radius 1 is 1.90 bits per heavy atom. The lowest BCUT2D eigenvalue weighted by molar-refractivity contribution is -0.124. The van der Waals surface area contributed by atoms with E-state index < -0.39 is 0 Å². The summed E-state index contributed by atoms with van der Waals surface area (Å²) in [6, 6.07) is -0.175. The van der Waals surface area contributed by atoms with Gasteiger partial charge in [-0.05, 0) is 6.42 Å². The number of nitrogens with zero attached hydrogens (tertiary/aromatic N) is 1.